The van der Waals surface area contributed by atoms with Crippen molar-refractivity contribution < 1.29 is 18.3 Å². The highest BCUT2D eigenvalue weighted by Gasteiger charge is 2.08. The van der Waals surface area contributed by atoms with Crippen LogP contribution in [0.25, 0.3) is 11.5 Å². The first-order chi connectivity index (χ1) is 14.6. The molecule has 3 aromatic rings. The van der Waals surface area contributed by atoms with Crippen LogP contribution < -0.4 is 20.1 Å². The van der Waals surface area contributed by atoms with Crippen LogP contribution in [-0.4, -0.2) is 38.3 Å². The molecule has 0 bridgehead atoms. The van der Waals surface area contributed by atoms with E-state index in [-0.39, 0.29) is 5.82 Å². The van der Waals surface area contributed by atoms with Gasteiger partial charge in [-0.2, -0.15) is 0 Å². The van der Waals surface area contributed by atoms with E-state index in [9.17, 15) is 4.39 Å². The number of aromatic nitrogens is 1. The number of methoxy groups -OCH3 is 2. The number of nitrogens with zero attached hydrogens (tertiary/aromatic N) is 2. The maximum Gasteiger partial charge on any atom is 0.226 e. The van der Waals surface area contributed by atoms with Crippen molar-refractivity contribution in [2.45, 2.75) is 13.3 Å². The Balaban J connectivity index is 1.63. The Morgan fingerprint density at radius 1 is 1.10 bits per heavy atom. The van der Waals surface area contributed by atoms with Crippen LogP contribution in [0.1, 0.15) is 12.6 Å². The molecule has 0 fully saturated rings. The number of ether oxygens (including phenoxy) is 2. The van der Waals surface area contributed by atoms with Gasteiger partial charge in [-0.25, -0.2) is 9.37 Å². The van der Waals surface area contributed by atoms with Crippen molar-refractivity contribution in [1.29, 1.82) is 0 Å². The number of aliphatic imine (C=N–C) groups is 1. The Labute approximate surface area is 175 Å². The molecule has 0 aliphatic rings. The Morgan fingerprint density at radius 3 is 2.57 bits per heavy atom. The lowest BCUT2D eigenvalue weighted by Crippen LogP contribution is -2.30. The lowest BCUT2D eigenvalue weighted by molar-refractivity contribution is 0.355. The van der Waals surface area contributed by atoms with E-state index >= 15 is 0 Å². The fraction of sp³-hybridized carbons (Fsp3) is 0.273. The smallest absolute Gasteiger partial charge is 0.226 e. The van der Waals surface area contributed by atoms with Crippen LogP contribution >= 0.6 is 0 Å². The van der Waals surface area contributed by atoms with Crippen molar-refractivity contribution in [1.82, 2.24) is 10.3 Å². The van der Waals surface area contributed by atoms with Gasteiger partial charge >= 0.3 is 0 Å². The molecule has 0 aliphatic carbocycles. The molecular weight excluding hydrogens is 387 g/mol. The molecule has 0 unspecified atom stereocenters. The zero-order valence-corrected chi connectivity index (χ0v) is 17.2. The minimum absolute atomic E-state index is 0.294. The van der Waals surface area contributed by atoms with Gasteiger partial charge in [0.1, 0.15) is 12.1 Å². The molecule has 0 amide bonds. The van der Waals surface area contributed by atoms with E-state index in [4.69, 9.17) is 13.9 Å². The fourth-order valence-corrected chi connectivity index (χ4v) is 2.79. The molecule has 0 saturated carbocycles. The summed E-state index contributed by atoms with van der Waals surface area (Å²) in [5.41, 5.74) is 2.34. The Kier molecular flexibility index (Phi) is 7.26. The average Bonchev–Trinajstić information content (AvgIpc) is 3.23. The zero-order valence-electron chi connectivity index (χ0n) is 17.2. The molecule has 0 saturated heterocycles. The molecule has 0 atom stereocenters. The summed E-state index contributed by atoms with van der Waals surface area (Å²) in [7, 11) is 3.20. The topological polar surface area (TPSA) is 80.9 Å². The van der Waals surface area contributed by atoms with E-state index < -0.39 is 0 Å². The van der Waals surface area contributed by atoms with Crippen LogP contribution in [0.3, 0.4) is 0 Å². The van der Waals surface area contributed by atoms with Crippen LogP contribution in [0.5, 0.6) is 11.5 Å². The van der Waals surface area contributed by atoms with Gasteiger partial charge in [-0.15, -0.1) is 0 Å². The number of anilines is 1. The summed E-state index contributed by atoms with van der Waals surface area (Å²) < 4.78 is 29.2. The lowest BCUT2D eigenvalue weighted by atomic mass is 10.2. The van der Waals surface area contributed by atoms with Crippen LogP contribution in [0.2, 0.25) is 0 Å². The summed E-state index contributed by atoms with van der Waals surface area (Å²) in [6.45, 7) is 3.23. The Bertz CT molecular complexity index is 986. The third-order valence-corrected chi connectivity index (χ3v) is 4.27. The van der Waals surface area contributed by atoms with Crippen LogP contribution in [0, 0.1) is 5.82 Å². The van der Waals surface area contributed by atoms with Crippen molar-refractivity contribution in [3.63, 3.8) is 0 Å². The number of guanidine groups is 1. The fourth-order valence-electron chi connectivity index (χ4n) is 2.79. The molecule has 7 nitrogen and oxygen atoms in total. The number of oxazole rings is 1. The molecule has 3 rings (SSSR count). The normalized spacial score (nSPS) is 11.3. The first-order valence-electron chi connectivity index (χ1n) is 9.60. The number of halogens is 1. The van der Waals surface area contributed by atoms with E-state index in [1.807, 2.05) is 25.1 Å². The number of hydrogen-bond donors (Lipinski definition) is 2. The van der Waals surface area contributed by atoms with Crippen molar-refractivity contribution in [2.75, 3.05) is 32.6 Å². The third kappa shape index (κ3) is 5.50. The maximum absolute atomic E-state index is 13.1. The summed E-state index contributed by atoms with van der Waals surface area (Å²) >= 11 is 0. The summed E-state index contributed by atoms with van der Waals surface area (Å²) in [5, 5.41) is 6.46. The van der Waals surface area contributed by atoms with E-state index in [2.05, 4.69) is 20.6 Å². The van der Waals surface area contributed by atoms with Gasteiger partial charge in [0.2, 0.25) is 5.89 Å². The van der Waals surface area contributed by atoms with Gasteiger partial charge in [0.25, 0.3) is 0 Å². The minimum atomic E-state index is -0.294. The molecule has 30 heavy (non-hydrogen) atoms. The SMILES string of the molecule is CCNC(=NCCc1coc(-c2ccc(F)cc2)n1)Nc1ccc(OC)c(OC)c1. The maximum atomic E-state index is 13.1. The highest BCUT2D eigenvalue weighted by Crippen LogP contribution is 2.29. The van der Waals surface area contributed by atoms with Crippen molar-refractivity contribution in [2.24, 2.45) is 4.99 Å². The van der Waals surface area contributed by atoms with Crippen LogP contribution in [0.4, 0.5) is 10.1 Å². The molecule has 0 spiro atoms. The van der Waals surface area contributed by atoms with E-state index in [1.165, 1.54) is 12.1 Å². The summed E-state index contributed by atoms with van der Waals surface area (Å²) in [5.74, 6) is 2.11. The summed E-state index contributed by atoms with van der Waals surface area (Å²) in [6, 6.07) is 11.6. The summed E-state index contributed by atoms with van der Waals surface area (Å²) in [4.78, 5) is 9.04. The highest BCUT2D eigenvalue weighted by atomic mass is 19.1. The zero-order chi connectivity index (χ0) is 21.3. The van der Waals surface area contributed by atoms with Gasteiger partial charge in [0.05, 0.1) is 19.9 Å². The quantitative estimate of drug-likeness (QED) is 0.428. The van der Waals surface area contributed by atoms with Crippen LogP contribution in [-0.2, 0) is 6.42 Å². The number of nitrogens with one attached hydrogen (secondary N) is 2. The summed E-state index contributed by atoms with van der Waals surface area (Å²) in [6.07, 6.45) is 2.20. The van der Waals surface area contributed by atoms with Gasteiger partial charge in [0, 0.05) is 36.8 Å². The van der Waals surface area contributed by atoms with Gasteiger partial charge in [-0.05, 0) is 43.3 Å². The molecule has 2 N–H and O–H groups in total. The molecular formula is C22H25FN4O3. The van der Waals surface area contributed by atoms with Gasteiger partial charge in [-0.3, -0.25) is 4.99 Å². The predicted octanol–water partition coefficient (Wildman–Crippen LogP) is 4.12. The first-order valence-corrected chi connectivity index (χ1v) is 9.60. The standard InChI is InChI=1S/C22H25FN4O3/c1-4-24-22(27-17-9-10-19(28-2)20(13-17)29-3)25-12-11-18-14-30-21(26-18)15-5-7-16(23)8-6-15/h5-10,13-14H,4,11-12H2,1-3H3,(H2,24,25,27). The van der Waals surface area contributed by atoms with E-state index in [0.29, 0.717) is 36.3 Å². The molecule has 158 valence electrons. The second-order valence-electron chi connectivity index (χ2n) is 6.36. The monoisotopic (exact) mass is 412 g/mol. The predicted molar refractivity (Wildman–Crippen MR) is 115 cm³/mol. The number of benzene rings is 2. The Morgan fingerprint density at radius 2 is 1.87 bits per heavy atom. The molecule has 0 radical (unpaired) electrons. The molecule has 8 heteroatoms. The van der Waals surface area contributed by atoms with Crippen molar-refractivity contribution in [3.05, 3.63) is 60.2 Å². The third-order valence-electron chi connectivity index (χ3n) is 4.27. The highest BCUT2D eigenvalue weighted by molar-refractivity contribution is 5.93. The van der Waals surface area contributed by atoms with Gasteiger partial charge in [-0.1, -0.05) is 0 Å². The molecule has 0 aliphatic heterocycles. The van der Waals surface area contributed by atoms with E-state index in [1.54, 1.807) is 32.6 Å². The largest absolute Gasteiger partial charge is 0.493 e. The van der Waals surface area contributed by atoms with Gasteiger partial charge < -0.3 is 24.5 Å². The molecule has 1 heterocycles. The second kappa shape index (κ2) is 10.3. The average molecular weight is 412 g/mol. The van der Waals surface area contributed by atoms with E-state index in [0.717, 1.165) is 23.5 Å². The Hall–Kier alpha value is -3.55. The molecule has 2 aromatic carbocycles. The number of rotatable bonds is 8. The second-order valence-corrected chi connectivity index (χ2v) is 6.36. The minimum Gasteiger partial charge on any atom is -0.493 e. The van der Waals surface area contributed by atoms with Crippen molar-refractivity contribution >= 4 is 11.6 Å². The van der Waals surface area contributed by atoms with Crippen LogP contribution in [0.15, 0.2) is 58.1 Å². The molecule has 1 aromatic heterocycles. The van der Waals surface area contributed by atoms with Crippen molar-refractivity contribution in [3.8, 4) is 23.0 Å². The lowest BCUT2D eigenvalue weighted by Gasteiger charge is -2.13. The van der Waals surface area contributed by atoms with Gasteiger partial charge in [0.15, 0.2) is 17.5 Å². The first kappa shape index (κ1) is 21.2. The number of hydrogen-bond acceptors (Lipinski definition) is 5.